The Morgan fingerprint density at radius 2 is 1.85 bits per heavy atom. The lowest BCUT2D eigenvalue weighted by atomic mass is 10.3. The summed E-state index contributed by atoms with van der Waals surface area (Å²) < 4.78 is 0. The predicted molar refractivity (Wildman–Crippen MR) is 48.1 cm³/mol. The molecule has 4 nitrogen and oxygen atoms in total. The lowest BCUT2D eigenvalue weighted by Crippen LogP contribution is -1.66. The maximum absolute atomic E-state index is 8.14. The third-order valence-corrected chi connectivity index (χ3v) is 1.08. The third kappa shape index (κ3) is 5.11. The Labute approximate surface area is 76.8 Å². The van der Waals surface area contributed by atoms with Gasteiger partial charge in [-0.05, 0) is 12.1 Å². The Hall–Kier alpha value is -2.20. The van der Waals surface area contributed by atoms with Crippen LogP contribution < -0.4 is 0 Å². The molecule has 0 aliphatic rings. The molecule has 4 heteroatoms. The molecule has 0 bridgehead atoms. The maximum Gasteiger partial charge on any atom is 0.147 e. The first-order valence-corrected chi connectivity index (χ1v) is 3.49. The number of hydrogen-bond donors (Lipinski definition) is 0. The largest absolute Gasteiger partial charge is 0.202 e. The zero-order chi connectivity index (χ0) is 9.94. The molecule has 0 unspecified atom stereocenters. The Bertz CT molecular complexity index is 307. The molecule has 1 aromatic carbocycles. The van der Waals surface area contributed by atoms with E-state index < -0.39 is 0 Å². The highest BCUT2D eigenvalue weighted by molar-refractivity contribution is 5.34. The molecule has 0 saturated carbocycles. The summed E-state index contributed by atoms with van der Waals surface area (Å²) in [4.78, 5) is 0. The number of hydrogen-bond acceptors (Lipinski definition) is 4. The minimum atomic E-state index is 0.120. The van der Waals surface area contributed by atoms with Crippen molar-refractivity contribution in [3.63, 3.8) is 0 Å². The number of azo groups is 1. The first-order valence-electron chi connectivity index (χ1n) is 3.49. The van der Waals surface area contributed by atoms with Crippen molar-refractivity contribution in [1.29, 1.82) is 10.5 Å². The highest BCUT2D eigenvalue weighted by Gasteiger charge is 1.82. The molecule has 0 fully saturated rings. The van der Waals surface area contributed by atoms with Gasteiger partial charge in [-0.15, -0.1) is 0 Å². The lowest BCUT2D eigenvalue weighted by Gasteiger charge is -1.86. The molecule has 0 aromatic heterocycles. The van der Waals surface area contributed by atoms with Gasteiger partial charge >= 0.3 is 0 Å². The van der Waals surface area contributed by atoms with Gasteiger partial charge in [0.05, 0.1) is 11.8 Å². The SMILES string of the molecule is C#N.N#CCN=Nc1ccccc1. The molecule has 64 valence electrons. The fraction of sp³-hybridized carbons (Fsp3) is 0.111. The Morgan fingerprint density at radius 3 is 2.38 bits per heavy atom. The highest BCUT2D eigenvalue weighted by atomic mass is 15.1. The summed E-state index contributed by atoms with van der Waals surface area (Å²) in [5, 5.41) is 22.1. The van der Waals surface area contributed by atoms with E-state index in [4.69, 9.17) is 10.5 Å². The molecule has 0 aliphatic carbocycles. The number of rotatable bonds is 2. The van der Waals surface area contributed by atoms with E-state index in [1.165, 1.54) is 0 Å². The molecule has 0 aliphatic heterocycles. The minimum absolute atomic E-state index is 0.120. The summed E-state index contributed by atoms with van der Waals surface area (Å²) in [5.41, 5.74) is 0.780. The maximum atomic E-state index is 8.14. The second kappa shape index (κ2) is 7.90. The topological polar surface area (TPSA) is 72.3 Å². The van der Waals surface area contributed by atoms with Crippen LogP contribution >= 0.6 is 0 Å². The van der Waals surface area contributed by atoms with Gasteiger partial charge in [0.2, 0.25) is 0 Å². The van der Waals surface area contributed by atoms with Crippen molar-refractivity contribution < 1.29 is 0 Å². The van der Waals surface area contributed by atoms with Gasteiger partial charge < -0.3 is 0 Å². The van der Waals surface area contributed by atoms with E-state index >= 15 is 0 Å². The monoisotopic (exact) mass is 172 g/mol. The van der Waals surface area contributed by atoms with Crippen molar-refractivity contribution >= 4 is 5.69 Å². The van der Waals surface area contributed by atoms with Crippen LogP contribution in [-0.4, -0.2) is 6.54 Å². The Morgan fingerprint density at radius 1 is 1.23 bits per heavy atom. The molecule has 1 aromatic rings. The van der Waals surface area contributed by atoms with Crippen LogP contribution in [0, 0.1) is 23.2 Å². The van der Waals surface area contributed by atoms with Gasteiger partial charge in [0.25, 0.3) is 0 Å². The third-order valence-electron chi connectivity index (χ3n) is 1.08. The zero-order valence-electron chi connectivity index (χ0n) is 6.96. The van der Waals surface area contributed by atoms with Crippen molar-refractivity contribution in [2.45, 2.75) is 0 Å². The molecule has 1 rings (SSSR count). The Balaban J connectivity index is 0.000000671. The fourth-order valence-electron chi connectivity index (χ4n) is 0.643. The average molecular weight is 172 g/mol. The van der Waals surface area contributed by atoms with Crippen LogP contribution in [0.15, 0.2) is 40.6 Å². The molecular formula is C9H8N4. The summed E-state index contributed by atoms with van der Waals surface area (Å²) >= 11 is 0. The van der Waals surface area contributed by atoms with Crippen LogP contribution in [-0.2, 0) is 0 Å². The van der Waals surface area contributed by atoms with Gasteiger partial charge in [-0.1, -0.05) is 18.2 Å². The van der Waals surface area contributed by atoms with E-state index in [1.807, 2.05) is 36.4 Å². The fourth-order valence-corrected chi connectivity index (χ4v) is 0.643. The molecule has 0 atom stereocenters. The molecule has 0 radical (unpaired) electrons. The van der Waals surface area contributed by atoms with Gasteiger partial charge in [0, 0.05) is 6.57 Å². The van der Waals surface area contributed by atoms with Crippen LogP contribution in [0.5, 0.6) is 0 Å². The van der Waals surface area contributed by atoms with Crippen LogP contribution in [0.25, 0.3) is 0 Å². The number of benzene rings is 1. The average Bonchev–Trinajstić information content (AvgIpc) is 2.23. The summed E-state index contributed by atoms with van der Waals surface area (Å²) in [5.74, 6) is 0. The van der Waals surface area contributed by atoms with Crippen molar-refractivity contribution in [2.24, 2.45) is 10.2 Å². The van der Waals surface area contributed by atoms with Crippen molar-refractivity contribution in [1.82, 2.24) is 0 Å². The molecule has 0 amide bonds. The lowest BCUT2D eigenvalue weighted by molar-refractivity contribution is 1.08. The van der Waals surface area contributed by atoms with Crippen molar-refractivity contribution in [2.75, 3.05) is 6.54 Å². The standard InChI is InChI=1S/C8H7N3.CHN/c9-6-7-10-11-8-4-2-1-3-5-8;1-2/h1-5H,7H2;1H. The van der Waals surface area contributed by atoms with Crippen LogP contribution in [0.4, 0.5) is 5.69 Å². The van der Waals surface area contributed by atoms with Crippen molar-refractivity contribution in [3.05, 3.63) is 30.3 Å². The smallest absolute Gasteiger partial charge is 0.147 e. The summed E-state index contributed by atoms with van der Waals surface area (Å²) in [6, 6.07) is 11.2. The normalized spacial score (nSPS) is 8.38. The minimum Gasteiger partial charge on any atom is -0.202 e. The van der Waals surface area contributed by atoms with Gasteiger partial charge in [0.15, 0.2) is 0 Å². The van der Waals surface area contributed by atoms with E-state index in [0.29, 0.717) is 0 Å². The molecular weight excluding hydrogens is 164 g/mol. The van der Waals surface area contributed by atoms with E-state index in [9.17, 15) is 0 Å². The number of nitrogens with zero attached hydrogens (tertiary/aromatic N) is 4. The molecule has 13 heavy (non-hydrogen) atoms. The van der Waals surface area contributed by atoms with Gasteiger partial charge in [-0.2, -0.15) is 15.5 Å². The van der Waals surface area contributed by atoms with Crippen molar-refractivity contribution in [3.8, 4) is 12.6 Å². The molecule has 0 spiro atoms. The van der Waals surface area contributed by atoms with Gasteiger partial charge in [-0.25, -0.2) is 5.26 Å². The van der Waals surface area contributed by atoms with Crippen LogP contribution in [0.1, 0.15) is 0 Å². The first kappa shape index (κ1) is 10.8. The second-order valence-corrected chi connectivity index (χ2v) is 1.89. The van der Waals surface area contributed by atoms with E-state index in [2.05, 4.69) is 16.8 Å². The molecule has 0 N–H and O–H groups in total. The summed E-state index contributed by atoms with van der Waals surface area (Å²) in [6.07, 6.45) is 0. The molecule has 0 heterocycles. The van der Waals surface area contributed by atoms with E-state index in [-0.39, 0.29) is 6.54 Å². The van der Waals surface area contributed by atoms with Crippen LogP contribution in [0.2, 0.25) is 0 Å². The predicted octanol–water partition coefficient (Wildman–Crippen LogP) is 2.43. The second-order valence-electron chi connectivity index (χ2n) is 1.89. The van der Waals surface area contributed by atoms with Crippen LogP contribution in [0.3, 0.4) is 0 Å². The number of nitriles is 2. The first-order chi connectivity index (χ1) is 6.43. The van der Waals surface area contributed by atoms with Gasteiger partial charge in [0.1, 0.15) is 6.54 Å². The summed E-state index contributed by atoms with van der Waals surface area (Å²) in [7, 11) is 0. The Kier molecular flexibility index (Phi) is 6.56. The highest BCUT2D eigenvalue weighted by Crippen LogP contribution is 2.09. The van der Waals surface area contributed by atoms with E-state index in [0.717, 1.165) is 5.69 Å². The quantitative estimate of drug-likeness (QED) is 0.507. The van der Waals surface area contributed by atoms with Gasteiger partial charge in [-0.3, -0.25) is 0 Å². The molecule has 0 saturated heterocycles. The van der Waals surface area contributed by atoms with E-state index in [1.54, 1.807) is 0 Å². The summed E-state index contributed by atoms with van der Waals surface area (Å²) in [6.45, 7) is 3.62. The zero-order valence-corrected chi connectivity index (χ0v) is 6.96.